The maximum atomic E-state index is 13.1. The first-order chi connectivity index (χ1) is 9.47. The largest absolute Gasteiger partial charge is 0.316 e. The molecular formula is C14H21FN2O2S. The van der Waals surface area contributed by atoms with Gasteiger partial charge in [-0.1, -0.05) is 12.1 Å². The molecule has 0 amide bonds. The second kappa shape index (κ2) is 6.65. The molecule has 6 heteroatoms. The molecule has 0 radical (unpaired) electrons. The van der Waals surface area contributed by atoms with Crippen LogP contribution >= 0.6 is 0 Å². The molecule has 0 bridgehead atoms. The van der Waals surface area contributed by atoms with Crippen LogP contribution < -0.4 is 5.32 Å². The smallest absolute Gasteiger partial charge is 0.214 e. The molecule has 0 aromatic heterocycles. The Kier molecular flexibility index (Phi) is 5.12. The number of hydrogen-bond acceptors (Lipinski definition) is 3. The van der Waals surface area contributed by atoms with Gasteiger partial charge in [0.25, 0.3) is 0 Å². The minimum atomic E-state index is -3.30. The van der Waals surface area contributed by atoms with Gasteiger partial charge in [-0.2, -0.15) is 0 Å². The van der Waals surface area contributed by atoms with Crippen LogP contribution in [0.4, 0.5) is 4.39 Å². The summed E-state index contributed by atoms with van der Waals surface area (Å²) < 4.78 is 39.0. The van der Waals surface area contributed by atoms with Crippen LogP contribution in [0.25, 0.3) is 0 Å². The van der Waals surface area contributed by atoms with Crippen molar-refractivity contribution >= 4 is 10.0 Å². The van der Waals surface area contributed by atoms with Gasteiger partial charge in [0.15, 0.2) is 0 Å². The summed E-state index contributed by atoms with van der Waals surface area (Å²) in [7, 11) is -1.75. The van der Waals surface area contributed by atoms with Crippen LogP contribution in [-0.4, -0.2) is 38.6 Å². The van der Waals surface area contributed by atoms with E-state index in [1.54, 1.807) is 19.2 Å². The lowest BCUT2D eigenvalue weighted by atomic mass is 10.0. The van der Waals surface area contributed by atoms with E-state index in [0.717, 1.165) is 25.9 Å². The van der Waals surface area contributed by atoms with Crippen LogP contribution in [0.2, 0.25) is 0 Å². The zero-order valence-corrected chi connectivity index (χ0v) is 12.5. The van der Waals surface area contributed by atoms with Crippen LogP contribution in [0, 0.1) is 11.7 Å². The van der Waals surface area contributed by atoms with Crippen molar-refractivity contribution in [2.24, 2.45) is 5.92 Å². The van der Waals surface area contributed by atoms with E-state index in [-0.39, 0.29) is 24.0 Å². The quantitative estimate of drug-likeness (QED) is 0.898. The third-order valence-electron chi connectivity index (χ3n) is 3.61. The fraction of sp³-hybridized carbons (Fsp3) is 0.571. The summed E-state index contributed by atoms with van der Waals surface area (Å²) in [5.74, 6) is -0.0141. The van der Waals surface area contributed by atoms with Gasteiger partial charge in [-0.3, -0.25) is 0 Å². The molecule has 1 aliphatic rings. The highest BCUT2D eigenvalue weighted by Gasteiger charge is 2.24. The molecule has 0 aliphatic carbocycles. The molecule has 4 nitrogen and oxygen atoms in total. The Bertz CT molecular complexity index is 542. The van der Waals surface area contributed by atoms with Crippen LogP contribution in [0.3, 0.4) is 0 Å². The Balaban J connectivity index is 1.97. The van der Waals surface area contributed by atoms with E-state index in [9.17, 15) is 12.8 Å². The number of nitrogens with zero attached hydrogens (tertiary/aromatic N) is 1. The Morgan fingerprint density at radius 3 is 2.90 bits per heavy atom. The Labute approximate surface area is 120 Å². The van der Waals surface area contributed by atoms with Crippen molar-refractivity contribution in [1.29, 1.82) is 0 Å². The van der Waals surface area contributed by atoms with Gasteiger partial charge in [0, 0.05) is 13.6 Å². The molecule has 1 heterocycles. The van der Waals surface area contributed by atoms with Crippen molar-refractivity contribution in [3.8, 4) is 0 Å². The average molecular weight is 300 g/mol. The predicted octanol–water partition coefficient (Wildman–Crippen LogP) is 1.59. The number of rotatable bonds is 5. The minimum Gasteiger partial charge on any atom is -0.316 e. The Morgan fingerprint density at radius 1 is 1.45 bits per heavy atom. The monoisotopic (exact) mass is 300 g/mol. The molecular weight excluding hydrogens is 279 g/mol. The maximum absolute atomic E-state index is 13.1. The highest BCUT2D eigenvalue weighted by atomic mass is 32.2. The molecule has 112 valence electrons. The zero-order chi connectivity index (χ0) is 14.6. The number of piperidine rings is 1. The first-order valence-electron chi connectivity index (χ1n) is 6.86. The van der Waals surface area contributed by atoms with Gasteiger partial charge in [0.2, 0.25) is 10.0 Å². The summed E-state index contributed by atoms with van der Waals surface area (Å²) in [5, 5.41) is 3.22. The van der Waals surface area contributed by atoms with E-state index in [4.69, 9.17) is 0 Å². The number of nitrogens with one attached hydrogen (secondary N) is 1. The fourth-order valence-electron chi connectivity index (χ4n) is 2.48. The van der Waals surface area contributed by atoms with Crippen molar-refractivity contribution in [2.75, 3.05) is 25.9 Å². The second-order valence-corrected chi connectivity index (χ2v) is 7.50. The molecule has 1 N–H and O–H groups in total. The summed E-state index contributed by atoms with van der Waals surface area (Å²) >= 11 is 0. The molecule has 1 atom stereocenters. The molecule has 1 aromatic carbocycles. The summed E-state index contributed by atoms with van der Waals surface area (Å²) in [5.41, 5.74) is 0.665. The predicted molar refractivity (Wildman–Crippen MR) is 77.2 cm³/mol. The average Bonchev–Trinajstić information content (AvgIpc) is 2.39. The van der Waals surface area contributed by atoms with Crippen molar-refractivity contribution in [3.63, 3.8) is 0 Å². The lowest BCUT2D eigenvalue weighted by molar-refractivity contribution is 0.390. The molecule has 0 saturated carbocycles. The normalized spacial score (nSPS) is 20.2. The van der Waals surface area contributed by atoms with Gasteiger partial charge >= 0.3 is 0 Å². The number of hydrogen-bond donors (Lipinski definition) is 1. The lowest BCUT2D eigenvalue weighted by Crippen LogP contribution is -2.38. The minimum absolute atomic E-state index is 0.159. The number of benzene rings is 1. The molecule has 1 saturated heterocycles. The van der Waals surface area contributed by atoms with Gasteiger partial charge in [0.1, 0.15) is 5.82 Å². The first-order valence-corrected chi connectivity index (χ1v) is 8.47. The molecule has 1 aliphatic heterocycles. The van der Waals surface area contributed by atoms with Crippen LogP contribution in [0.15, 0.2) is 24.3 Å². The van der Waals surface area contributed by atoms with Crippen LogP contribution in [0.1, 0.15) is 18.4 Å². The Morgan fingerprint density at radius 2 is 2.25 bits per heavy atom. The number of sulfonamides is 1. The topological polar surface area (TPSA) is 49.4 Å². The summed E-state index contributed by atoms with van der Waals surface area (Å²) in [6, 6.07) is 6.05. The van der Waals surface area contributed by atoms with Gasteiger partial charge in [-0.25, -0.2) is 17.1 Å². The van der Waals surface area contributed by atoms with Gasteiger partial charge in [-0.05, 0) is 49.5 Å². The molecule has 1 aromatic rings. The third kappa shape index (κ3) is 4.26. The third-order valence-corrected chi connectivity index (χ3v) is 5.59. The van der Waals surface area contributed by atoms with Crippen molar-refractivity contribution in [1.82, 2.24) is 9.62 Å². The van der Waals surface area contributed by atoms with E-state index in [0.29, 0.717) is 5.56 Å². The SMILES string of the molecule is CN(Cc1cccc(F)c1)S(=O)(=O)CC1CCCNC1. The summed E-state index contributed by atoms with van der Waals surface area (Å²) in [4.78, 5) is 0. The fourth-order valence-corrected chi connectivity index (χ4v) is 3.96. The van der Waals surface area contributed by atoms with Crippen molar-refractivity contribution in [3.05, 3.63) is 35.6 Å². The molecule has 20 heavy (non-hydrogen) atoms. The lowest BCUT2D eigenvalue weighted by Gasteiger charge is -2.25. The van der Waals surface area contributed by atoms with E-state index in [2.05, 4.69) is 5.32 Å². The van der Waals surface area contributed by atoms with E-state index >= 15 is 0 Å². The summed E-state index contributed by atoms with van der Waals surface area (Å²) in [6.07, 6.45) is 1.97. The highest BCUT2D eigenvalue weighted by molar-refractivity contribution is 7.89. The first kappa shape index (κ1) is 15.4. The molecule has 0 spiro atoms. The van der Waals surface area contributed by atoms with Crippen molar-refractivity contribution < 1.29 is 12.8 Å². The van der Waals surface area contributed by atoms with Crippen LogP contribution in [0.5, 0.6) is 0 Å². The van der Waals surface area contributed by atoms with Gasteiger partial charge in [0.05, 0.1) is 5.75 Å². The van der Waals surface area contributed by atoms with Crippen LogP contribution in [-0.2, 0) is 16.6 Å². The zero-order valence-electron chi connectivity index (χ0n) is 11.7. The molecule has 1 fully saturated rings. The van der Waals surface area contributed by atoms with Crippen molar-refractivity contribution in [2.45, 2.75) is 19.4 Å². The molecule has 2 rings (SSSR count). The van der Waals surface area contributed by atoms with Gasteiger partial charge in [-0.15, -0.1) is 0 Å². The maximum Gasteiger partial charge on any atom is 0.214 e. The second-order valence-electron chi connectivity index (χ2n) is 5.38. The van der Waals surface area contributed by atoms with E-state index < -0.39 is 10.0 Å². The van der Waals surface area contributed by atoms with E-state index in [1.807, 2.05) is 0 Å². The van der Waals surface area contributed by atoms with Gasteiger partial charge < -0.3 is 5.32 Å². The summed E-state index contributed by atoms with van der Waals surface area (Å²) in [6.45, 7) is 1.93. The standard InChI is InChI=1S/C14H21FN2O2S/c1-17(10-12-4-2-6-14(15)8-12)20(18,19)11-13-5-3-7-16-9-13/h2,4,6,8,13,16H,3,5,7,9-11H2,1H3. The Hall–Kier alpha value is -0.980. The molecule has 1 unspecified atom stereocenters. The number of halogens is 1. The highest BCUT2D eigenvalue weighted by Crippen LogP contribution is 2.16. The van der Waals surface area contributed by atoms with E-state index in [1.165, 1.54) is 16.4 Å².